The molecule has 0 heterocycles. The summed E-state index contributed by atoms with van der Waals surface area (Å²) in [7, 11) is 0. The van der Waals surface area contributed by atoms with Gasteiger partial charge in [0.2, 0.25) is 0 Å². The Morgan fingerprint density at radius 1 is 0.958 bits per heavy atom. The zero-order chi connectivity index (χ0) is 18.4. The number of hydrogen-bond donors (Lipinski definition) is 0. The van der Waals surface area contributed by atoms with Crippen molar-refractivity contribution >= 4 is 11.9 Å². The van der Waals surface area contributed by atoms with E-state index in [0.29, 0.717) is 24.9 Å². The third kappa shape index (κ3) is 14.1. The highest BCUT2D eigenvalue weighted by atomic mass is 16.5. The van der Waals surface area contributed by atoms with Crippen molar-refractivity contribution in [1.82, 2.24) is 0 Å². The van der Waals surface area contributed by atoms with Crippen molar-refractivity contribution in [3.05, 3.63) is 0 Å². The Bertz CT molecular complexity index is 415. The molecule has 1 atom stereocenters. The van der Waals surface area contributed by atoms with E-state index in [2.05, 4.69) is 39.5 Å². The summed E-state index contributed by atoms with van der Waals surface area (Å²) < 4.78 is 10.6. The van der Waals surface area contributed by atoms with Crippen LogP contribution in [0.2, 0.25) is 0 Å². The second kappa shape index (κ2) is 13.9. The largest absolute Gasteiger partial charge is 0.466 e. The zero-order valence-electron chi connectivity index (χ0n) is 16.0. The molecule has 0 amide bonds. The number of carbonyl (C=O) groups excluding carboxylic acids is 2. The van der Waals surface area contributed by atoms with E-state index in [4.69, 9.17) is 9.47 Å². The molecule has 0 aromatic rings. The third-order valence-corrected chi connectivity index (χ3v) is 3.35. The standard InChI is InChI=1S/C20H34O4/c1-6-7-11-18(15-17(4)5)24-20(22)13-8-12-19(21)23-14-9-10-16(2)3/h16-18H,6,8-10,12-15H2,1-5H3. The second-order valence-corrected chi connectivity index (χ2v) is 6.89. The number of ether oxygens (including phenoxy) is 2. The Kier molecular flexibility index (Phi) is 13.0. The van der Waals surface area contributed by atoms with E-state index < -0.39 is 0 Å². The monoisotopic (exact) mass is 338 g/mol. The lowest BCUT2D eigenvalue weighted by atomic mass is 10.1. The zero-order valence-corrected chi connectivity index (χ0v) is 16.0. The van der Waals surface area contributed by atoms with Gasteiger partial charge in [-0.3, -0.25) is 9.59 Å². The third-order valence-electron chi connectivity index (χ3n) is 3.35. The van der Waals surface area contributed by atoms with E-state index in [1.807, 2.05) is 6.92 Å². The summed E-state index contributed by atoms with van der Waals surface area (Å²) in [5.74, 6) is 6.46. The summed E-state index contributed by atoms with van der Waals surface area (Å²) in [5.41, 5.74) is 0. The van der Waals surface area contributed by atoms with Gasteiger partial charge in [-0.25, -0.2) is 0 Å². The molecule has 0 aromatic heterocycles. The molecule has 0 fully saturated rings. The molecule has 138 valence electrons. The Labute approximate surface area is 147 Å². The summed E-state index contributed by atoms with van der Waals surface area (Å²) >= 11 is 0. The van der Waals surface area contributed by atoms with E-state index >= 15 is 0 Å². The maximum atomic E-state index is 11.9. The average molecular weight is 338 g/mol. The van der Waals surface area contributed by atoms with Crippen LogP contribution in [0.15, 0.2) is 0 Å². The quantitative estimate of drug-likeness (QED) is 0.316. The van der Waals surface area contributed by atoms with Gasteiger partial charge < -0.3 is 9.47 Å². The molecule has 24 heavy (non-hydrogen) atoms. The molecule has 0 N–H and O–H groups in total. The summed E-state index contributed by atoms with van der Waals surface area (Å²) in [6.45, 7) is 10.9. The van der Waals surface area contributed by atoms with E-state index in [1.165, 1.54) is 0 Å². The highest BCUT2D eigenvalue weighted by Crippen LogP contribution is 2.10. The van der Waals surface area contributed by atoms with Crippen molar-refractivity contribution < 1.29 is 19.1 Å². The minimum absolute atomic E-state index is 0.226. The van der Waals surface area contributed by atoms with Gasteiger partial charge in [0.1, 0.15) is 0 Å². The number of hydrogen-bond acceptors (Lipinski definition) is 4. The minimum atomic E-state index is -0.347. The van der Waals surface area contributed by atoms with Crippen molar-refractivity contribution in [3.63, 3.8) is 0 Å². The van der Waals surface area contributed by atoms with Gasteiger partial charge in [-0.05, 0) is 37.5 Å². The Morgan fingerprint density at radius 2 is 1.62 bits per heavy atom. The van der Waals surface area contributed by atoms with Crippen molar-refractivity contribution in [2.45, 2.75) is 85.7 Å². The first-order valence-corrected chi connectivity index (χ1v) is 9.18. The fourth-order valence-corrected chi connectivity index (χ4v) is 2.12. The average Bonchev–Trinajstić information content (AvgIpc) is 2.48. The molecular weight excluding hydrogens is 304 g/mol. The number of rotatable bonds is 11. The summed E-state index contributed by atoms with van der Waals surface area (Å²) in [5, 5.41) is 0. The van der Waals surface area contributed by atoms with Crippen molar-refractivity contribution in [3.8, 4) is 11.8 Å². The van der Waals surface area contributed by atoms with Gasteiger partial charge in [-0.15, -0.1) is 0 Å². The topological polar surface area (TPSA) is 52.6 Å². The molecule has 1 unspecified atom stereocenters. The molecule has 0 rings (SSSR count). The van der Waals surface area contributed by atoms with Gasteiger partial charge >= 0.3 is 11.9 Å². The normalized spacial score (nSPS) is 11.8. The first-order chi connectivity index (χ1) is 11.3. The molecule has 0 radical (unpaired) electrons. The highest BCUT2D eigenvalue weighted by molar-refractivity contribution is 5.72. The maximum absolute atomic E-state index is 11.9. The van der Waals surface area contributed by atoms with E-state index in [-0.39, 0.29) is 30.9 Å². The summed E-state index contributed by atoms with van der Waals surface area (Å²) in [4.78, 5) is 23.5. The van der Waals surface area contributed by atoms with Crippen molar-refractivity contribution in [2.24, 2.45) is 11.8 Å². The molecule has 4 heteroatoms. The van der Waals surface area contributed by atoms with Gasteiger partial charge in [-0.1, -0.05) is 46.5 Å². The van der Waals surface area contributed by atoms with Crippen molar-refractivity contribution in [2.75, 3.05) is 6.61 Å². The van der Waals surface area contributed by atoms with Gasteiger partial charge in [0.25, 0.3) is 0 Å². The van der Waals surface area contributed by atoms with Gasteiger partial charge in [0.05, 0.1) is 6.61 Å². The van der Waals surface area contributed by atoms with Crippen LogP contribution in [0, 0.1) is 23.7 Å². The van der Waals surface area contributed by atoms with Crippen LogP contribution in [0.1, 0.15) is 79.6 Å². The smallest absolute Gasteiger partial charge is 0.307 e. The SMILES string of the molecule is CCC#CC(CC(C)C)OC(=O)CCCC(=O)OCCCC(C)C. The predicted octanol–water partition coefficient (Wildman–Crippen LogP) is 4.51. The molecule has 0 bridgehead atoms. The number of esters is 2. The van der Waals surface area contributed by atoms with Gasteiger partial charge in [0, 0.05) is 19.3 Å². The fourth-order valence-electron chi connectivity index (χ4n) is 2.12. The van der Waals surface area contributed by atoms with Crippen LogP contribution in [0.3, 0.4) is 0 Å². The Hall–Kier alpha value is -1.50. The lowest BCUT2D eigenvalue weighted by molar-refractivity contribution is -0.147. The fraction of sp³-hybridized carbons (Fsp3) is 0.800. The molecule has 0 aliphatic carbocycles. The van der Waals surface area contributed by atoms with Crippen LogP contribution < -0.4 is 0 Å². The Morgan fingerprint density at radius 3 is 2.21 bits per heavy atom. The molecule has 0 aliphatic rings. The predicted molar refractivity (Wildman–Crippen MR) is 96.3 cm³/mol. The second-order valence-electron chi connectivity index (χ2n) is 6.89. The van der Waals surface area contributed by atoms with Crippen LogP contribution >= 0.6 is 0 Å². The lowest BCUT2D eigenvalue weighted by Gasteiger charge is -2.14. The first kappa shape index (κ1) is 22.5. The van der Waals surface area contributed by atoms with Crippen LogP contribution in [0.4, 0.5) is 0 Å². The van der Waals surface area contributed by atoms with Crippen LogP contribution in [-0.4, -0.2) is 24.6 Å². The molecule has 0 saturated heterocycles. The van der Waals surface area contributed by atoms with Crippen LogP contribution in [0.5, 0.6) is 0 Å². The van der Waals surface area contributed by atoms with E-state index in [9.17, 15) is 9.59 Å². The maximum Gasteiger partial charge on any atom is 0.307 e. The minimum Gasteiger partial charge on any atom is -0.466 e. The molecule has 0 saturated carbocycles. The van der Waals surface area contributed by atoms with Gasteiger partial charge in [-0.2, -0.15) is 0 Å². The summed E-state index contributed by atoms with van der Waals surface area (Å²) in [6.07, 6.45) is 4.01. The van der Waals surface area contributed by atoms with Crippen LogP contribution in [-0.2, 0) is 19.1 Å². The summed E-state index contributed by atoms with van der Waals surface area (Å²) in [6, 6.07) is 0. The lowest BCUT2D eigenvalue weighted by Crippen LogP contribution is -2.19. The van der Waals surface area contributed by atoms with Gasteiger partial charge in [0.15, 0.2) is 6.10 Å². The van der Waals surface area contributed by atoms with Crippen molar-refractivity contribution in [1.29, 1.82) is 0 Å². The van der Waals surface area contributed by atoms with E-state index in [0.717, 1.165) is 25.7 Å². The van der Waals surface area contributed by atoms with Crippen LogP contribution in [0.25, 0.3) is 0 Å². The highest BCUT2D eigenvalue weighted by Gasteiger charge is 2.14. The molecule has 0 aliphatic heterocycles. The van der Waals surface area contributed by atoms with E-state index in [1.54, 1.807) is 0 Å². The molecular formula is C20H34O4. The molecule has 0 spiro atoms. The Balaban J connectivity index is 3.95. The number of carbonyl (C=O) groups is 2. The first-order valence-electron chi connectivity index (χ1n) is 9.18. The molecule has 0 aromatic carbocycles. The molecule has 4 nitrogen and oxygen atoms in total.